The lowest BCUT2D eigenvalue weighted by atomic mass is 10.3. The SMILES string of the molecule is CNCC(O)c1ccc([N+](=O)[O-])s1. The normalized spacial score (nSPS) is 12.8. The fourth-order valence-electron chi connectivity index (χ4n) is 0.913. The van der Waals surface area contributed by atoms with Crippen LogP contribution in [0.15, 0.2) is 12.1 Å². The Kier molecular flexibility index (Phi) is 3.35. The van der Waals surface area contributed by atoms with Gasteiger partial charge in [0.25, 0.3) is 0 Å². The van der Waals surface area contributed by atoms with Crippen LogP contribution in [0, 0.1) is 10.1 Å². The molecule has 2 N–H and O–H groups in total. The standard InChI is InChI=1S/C7H10N2O3S/c1-8-4-5(10)6-2-3-7(13-6)9(11)12/h2-3,5,8,10H,4H2,1H3. The van der Waals surface area contributed by atoms with Gasteiger partial charge < -0.3 is 10.4 Å². The molecule has 0 amide bonds. The molecule has 0 saturated carbocycles. The summed E-state index contributed by atoms with van der Waals surface area (Å²) < 4.78 is 0. The molecule has 1 rings (SSSR count). The molecule has 0 aromatic carbocycles. The number of nitro groups is 1. The first-order valence-electron chi connectivity index (χ1n) is 3.72. The summed E-state index contributed by atoms with van der Waals surface area (Å²) in [6.45, 7) is 0.400. The molecule has 0 saturated heterocycles. The van der Waals surface area contributed by atoms with Gasteiger partial charge in [-0.15, -0.1) is 0 Å². The number of nitrogens with zero attached hydrogens (tertiary/aromatic N) is 1. The van der Waals surface area contributed by atoms with Crippen molar-refractivity contribution in [1.29, 1.82) is 0 Å². The molecule has 1 aromatic heterocycles. The van der Waals surface area contributed by atoms with Crippen molar-refractivity contribution in [2.45, 2.75) is 6.10 Å². The van der Waals surface area contributed by atoms with Gasteiger partial charge in [0.2, 0.25) is 0 Å². The van der Waals surface area contributed by atoms with Crippen LogP contribution in [0.5, 0.6) is 0 Å². The minimum atomic E-state index is -0.663. The summed E-state index contributed by atoms with van der Waals surface area (Å²) in [5.74, 6) is 0. The number of aliphatic hydroxyl groups excluding tert-OH is 1. The van der Waals surface area contributed by atoms with E-state index in [4.69, 9.17) is 0 Å². The molecule has 1 aromatic rings. The maximum Gasteiger partial charge on any atom is 0.324 e. The van der Waals surface area contributed by atoms with Crippen LogP contribution in [0.1, 0.15) is 11.0 Å². The van der Waals surface area contributed by atoms with Crippen molar-refractivity contribution in [2.75, 3.05) is 13.6 Å². The Bertz CT molecular complexity index is 300. The predicted molar refractivity (Wildman–Crippen MR) is 49.9 cm³/mol. The first-order valence-corrected chi connectivity index (χ1v) is 4.53. The highest BCUT2D eigenvalue weighted by atomic mass is 32.1. The van der Waals surface area contributed by atoms with Gasteiger partial charge in [-0.3, -0.25) is 10.1 Å². The first kappa shape index (κ1) is 10.1. The fourth-order valence-corrected chi connectivity index (χ4v) is 1.72. The zero-order valence-electron chi connectivity index (χ0n) is 7.06. The predicted octanol–water partition coefficient (Wildman–Crippen LogP) is 0.909. The average molecular weight is 202 g/mol. The molecule has 1 atom stereocenters. The maximum atomic E-state index is 10.3. The second-order valence-electron chi connectivity index (χ2n) is 2.51. The second kappa shape index (κ2) is 4.31. The molecule has 6 heteroatoms. The van der Waals surface area contributed by atoms with Gasteiger partial charge in [0.1, 0.15) is 6.10 Å². The van der Waals surface area contributed by atoms with Crippen molar-refractivity contribution in [1.82, 2.24) is 5.32 Å². The summed E-state index contributed by atoms with van der Waals surface area (Å²) in [6.07, 6.45) is -0.663. The van der Waals surface area contributed by atoms with Crippen LogP contribution in [0.4, 0.5) is 5.00 Å². The van der Waals surface area contributed by atoms with Crippen LogP contribution in [0.2, 0.25) is 0 Å². The number of likely N-dealkylation sites (N-methyl/N-ethyl adjacent to an activating group) is 1. The molecule has 0 bridgehead atoms. The summed E-state index contributed by atoms with van der Waals surface area (Å²) in [6, 6.07) is 2.98. The monoisotopic (exact) mass is 202 g/mol. The van der Waals surface area contributed by atoms with E-state index >= 15 is 0 Å². The van der Waals surface area contributed by atoms with Crippen molar-refractivity contribution in [2.24, 2.45) is 0 Å². The van der Waals surface area contributed by atoms with Gasteiger partial charge >= 0.3 is 5.00 Å². The summed E-state index contributed by atoms with van der Waals surface area (Å²) >= 11 is 1.000. The van der Waals surface area contributed by atoms with Gasteiger partial charge in [-0.05, 0) is 13.1 Å². The highest BCUT2D eigenvalue weighted by Crippen LogP contribution is 2.28. The van der Waals surface area contributed by atoms with Crippen molar-refractivity contribution < 1.29 is 10.0 Å². The van der Waals surface area contributed by atoms with Crippen molar-refractivity contribution in [3.8, 4) is 0 Å². The molecule has 1 unspecified atom stereocenters. The van der Waals surface area contributed by atoms with E-state index in [-0.39, 0.29) is 5.00 Å². The molecule has 13 heavy (non-hydrogen) atoms. The third kappa shape index (κ3) is 2.48. The number of hydrogen-bond acceptors (Lipinski definition) is 5. The largest absolute Gasteiger partial charge is 0.386 e. The Morgan fingerprint density at radius 2 is 2.46 bits per heavy atom. The smallest absolute Gasteiger partial charge is 0.324 e. The van der Waals surface area contributed by atoms with Crippen molar-refractivity contribution in [3.63, 3.8) is 0 Å². The molecule has 0 aliphatic heterocycles. The number of aliphatic hydroxyl groups is 1. The van der Waals surface area contributed by atoms with E-state index in [9.17, 15) is 15.2 Å². The number of hydrogen-bond donors (Lipinski definition) is 2. The summed E-state index contributed by atoms with van der Waals surface area (Å²) in [5, 5.41) is 22.6. The van der Waals surface area contributed by atoms with Crippen LogP contribution in [-0.2, 0) is 0 Å². The lowest BCUT2D eigenvalue weighted by Gasteiger charge is -2.05. The average Bonchev–Trinajstić information content (AvgIpc) is 2.52. The van der Waals surface area contributed by atoms with E-state index in [0.717, 1.165) is 11.3 Å². The molecule has 0 fully saturated rings. The molecular formula is C7H10N2O3S. The molecular weight excluding hydrogens is 192 g/mol. The van der Waals surface area contributed by atoms with Crippen molar-refractivity contribution in [3.05, 3.63) is 27.1 Å². The van der Waals surface area contributed by atoms with Crippen LogP contribution in [-0.4, -0.2) is 23.6 Å². The van der Waals surface area contributed by atoms with Gasteiger partial charge in [0.05, 0.1) is 4.92 Å². The van der Waals surface area contributed by atoms with E-state index in [1.54, 1.807) is 13.1 Å². The Morgan fingerprint density at radius 1 is 1.77 bits per heavy atom. The van der Waals surface area contributed by atoms with Crippen LogP contribution >= 0.6 is 11.3 Å². The van der Waals surface area contributed by atoms with E-state index in [2.05, 4.69) is 5.32 Å². The number of thiophene rings is 1. The summed E-state index contributed by atoms with van der Waals surface area (Å²) in [4.78, 5) is 10.5. The molecule has 5 nitrogen and oxygen atoms in total. The zero-order chi connectivity index (χ0) is 9.84. The maximum absolute atomic E-state index is 10.3. The molecule has 0 radical (unpaired) electrons. The molecule has 0 aliphatic carbocycles. The molecule has 0 spiro atoms. The third-order valence-electron chi connectivity index (χ3n) is 1.52. The molecule has 0 aliphatic rings. The minimum Gasteiger partial charge on any atom is -0.386 e. The second-order valence-corrected chi connectivity index (χ2v) is 3.60. The first-order chi connectivity index (χ1) is 6.15. The van der Waals surface area contributed by atoms with E-state index in [0.29, 0.717) is 11.4 Å². The molecule has 72 valence electrons. The topological polar surface area (TPSA) is 75.4 Å². The van der Waals surface area contributed by atoms with Gasteiger partial charge in [0, 0.05) is 17.5 Å². The fraction of sp³-hybridized carbons (Fsp3) is 0.429. The minimum absolute atomic E-state index is 0.0603. The van der Waals surface area contributed by atoms with Crippen LogP contribution < -0.4 is 5.32 Å². The summed E-state index contributed by atoms with van der Waals surface area (Å²) in [5.41, 5.74) is 0. The van der Waals surface area contributed by atoms with E-state index in [1.807, 2.05) is 0 Å². The highest BCUT2D eigenvalue weighted by molar-refractivity contribution is 7.15. The molecule has 1 heterocycles. The Balaban J connectivity index is 2.73. The number of rotatable bonds is 4. The van der Waals surface area contributed by atoms with E-state index in [1.165, 1.54) is 6.07 Å². The lowest BCUT2D eigenvalue weighted by Crippen LogP contribution is -2.15. The van der Waals surface area contributed by atoms with Gasteiger partial charge in [0.15, 0.2) is 0 Å². The Morgan fingerprint density at radius 3 is 2.92 bits per heavy atom. The van der Waals surface area contributed by atoms with Gasteiger partial charge in [-0.1, -0.05) is 11.3 Å². The third-order valence-corrected chi connectivity index (χ3v) is 2.66. The zero-order valence-corrected chi connectivity index (χ0v) is 7.87. The van der Waals surface area contributed by atoms with Gasteiger partial charge in [-0.25, -0.2) is 0 Å². The van der Waals surface area contributed by atoms with Crippen LogP contribution in [0.3, 0.4) is 0 Å². The van der Waals surface area contributed by atoms with E-state index < -0.39 is 11.0 Å². The number of nitrogens with one attached hydrogen (secondary N) is 1. The quantitative estimate of drug-likeness (QED) is 0.562. The van der Waals surface area contributed by atoms with Gasteiger partial charge in [-0.2, -0.15) is 0 Å². The Hall–Kier alpha value is -0.980. The Labute approximate surface area is 79.2 Å². The lowest BCUT2D eigenvalue weighted by molar-refractivity contribution is -0.380. The highest BCUT2D eigenvalue weighted by Gasteiger charge is 2.14. The summed E-state index contributed by atoms with van der Waals surface area (Å²) in [7, 11) is 1.71. The van der Waals surface area contributed by atoms with Crippen molar-refractivity contribution >= 4 is 16.3 Å². The van der Waals surface area contributed by atoms with Crippen LogP contribution in [0.25, 0.3) is 0 Å².